The van der Waals surface area contributed by atoms with Gasteiger partial charge >= 0.3 is 0 Å². The van der Waals surface area contributed by atoms with Gasteiger partial charge in [-0.05, 0) is 13.0 Å². The van der Waals surface area contributed by atoms with E-state index in [1.165, 1.54) is 0 Å². The average Bonchev–Trinajstić information content (AvgIpc) is 2.82. The van der Waals surface area contributed by atoms with Crippen molar-refractivity contribution in [2.75, 3.05) is 14.2 Å². The summed E-state index contributed by atoms with van der Waals surface area (Å²) in [6.07, 6.45) is -0.183. The van der Waals surface area contributed by atoms with Crippen molar-refractivity contribution < 1.29 is 14.6 Å². The van der Waals surface area contributed by atoms with E-state index in [2.05, 4.69) is 4.98 Å². The van der Waals surface area contributed by atoms with Gasteiger partial charge < -0.3 is 14.6 Å². The number of thiazole rings is 1. The minimum atomic E-state index is -0.657. The molecule has 1 heterocycles. The molecule has 4 nitrogen and oxygen atoms in total. The third-order valence-corrected chi connectivity index (χ3v) is 3.82. The third kappa shape index (κ3) is 3.05. The van der Waals surface area contributed by atoms with Gasteiger partial charge in [0.15, 0.2) is 11.5 Å². The molecule has 1 unspecified atom stereocenters. The number of aliphatic hydroxyl groups excluding tert-OH is 1. The number of ether oxygens (including phenoxy) is 2. The van der Waals surface area contributed by atoms with Crippen LogP contribution in [0.15, 0.2) is 23.6 Å². The van der Waals surface area contributed by atoms with Crippen LogP contribution in [0, 0.1) is 6.92 Å². The molecule has 1 aromatic heterocycles. The highest BCUT2D eigenvalue weighted by atomic mass is 32.1. The van der Waals surface area contributed by atoms with Crippen molar-refractivity contribution in [3.63, 3.8) is 0 Å². The molecule has 1 atom stereocenters. The molecule has 102 valence electrons. The van der Waals surface area contributed by atoms with Crippen molar-refractivity contribution in [3.8, 4) is 11.5 Å². The van der Waals surface area contributed by atoms with Crippen molar-refractivity contribution in [2.24, 2.45) is 0 Å². The maximum atomic E-state index is 10.3. The highest BCUT2D eigenvalue weighted by Gasteiger charge is 2.18. The minimum Gasteiger partial charge on any atom is -0.493 e. The van der Waals surface area contributed by atoms with E-state index in [0.717, 1.165) is 16.3 Å². The molecule has 0 aliphatic carbocycles. The highest BCUT2D eigenvalue weighted by Crippen LogP contribution is 2.35. The van der Waals surface area contributed by atoms with Crippen molar-refractivity contribution in [2.45, 2.75) is 19.4 Å². The van der Waals surface area contributed by atoms with Crippen LogP contribution in [0.4, 0.5) is 0 Å². The van der Waals surface area contributed by atoms with Crippen molar-refractivity contribution in [3.05, 3.63) is 39.8 Å². The van der Waals surface area contributed by atoms with Crippen molar-refractivity contribution in [1.82, 2.24) is 4.98 Å². The van der Waals surface area contributed by atoms with Gasteiger partial charge in [-0.15, -0.1) is 11.3 Å². The minimum absolute atomic E-state index is 0.474. The highest BCUT2D eigenvalue weighted by molar-refractivity contribution is 7.09. The Kier molecular flexibility index (Phi) is 4.39. The smallest absolute Gasteiger partial charge is 0.166 e. The van der Waals surface area contributed by atoms with E-state index < -0.39 is 6.10 Å². The first-order chi connectivity index (χ1) is 9.15. The normalized spacial score (nSPS) is 12.2. The summed E-state index contributed by atoms with van der Waals surface area (Å²) in [5.74, 6) is 1.19. The fraction of sp³-hybridized carbons (Fsp3) is 0.357. The number of nitrogens with zero attached hydrogens (tertiary/aromatic N) is 1. The Labute approximate surface area is 116 Å². The van der Waals surface area contributed by atoms with Crippen LogP contribution in [-0.4, -0.2) is 24.3 Å². The first-order valence-electron chi connectivity index (χ1n) is 5.95. The molecule has 0 spiro atoms. The number of methoxy groups -OCH3 is 2. The molecule has 2 aromatic rings. The van der Waals surface area contributed by atoms with E-state index in [1.54, 1.807) is 25.6 Å². The van der Waals surface area contributed by atoms with Crippen LogP contribution in [0.5, 0.6) is 11.5 Å². The summed E-state index contributed by atoms with van der Waals surface area (Å²) in [5.41, 5.74) is 1.69. The molecule has 0 radical (unpaired) electrons. The number of aryl methyl sites for hydroxylation is 1. The standard InChI is InChI=1S/C14H17NO3S/c1-9-8-19-13(15-9)7-11(16)10-5-4-6-12(17-2)14(10)18-3/h4-6,8,11,16H,7H2,1-3H3. The molecule has 1 N–H and O–H groups in total. The van der Waals surface area contributed by atoms with Gasteiger partial charge in [-0.25, -0.2) is 4.98 Å². The number of para-hydroxylation sites is 1. The van der Waals surface area contributed by atoms with E-state index in [0.29, 0.717) is 17.9 Å². The number of benzene rings is 1. The molecular weight excluding hydrogens is 262 g/mol. The average molecular weight is 279 g/mol. The van der Waals surface area contributed by atoms with Crippen LogP contribution in [-0.2, 0) is 6.42 Å². The van der Waals surface area contributed by atoms with Gasteiger partial charge in [-0.3, -0.25) is 0 Å². The fourth-order valence-electron chi connectivity index (χ4n) is 1.95. The summed E-state index contributed by atoms with van der Waals surface area (Å²) in [7, 11) is 3.15. The Morgan fingerprint density at radius 3 is 2.68 bits per heavy atom. The Balaban J connectivity index is 2.25. The van der Waals surface area contributed by atoms with Gasteiger partial charge in [-0.1, -0.05) is 12.1 Å². The van der Waals surface area contributed by atoms with Crippen LogP contribution in [0.1, 0.15) is 22.4 Å². The lowest BCUT2D eigenvalue weighted by Crippen LogP contribution is -2.05. The predicted molar refractivity (Wildman–Crippen MR) is 75.1 cm³/mol. The molecule has 0 aliphatic rings. The Hall–Kier alpha value is -1.59. The molecule has 0 saturated heterocycles. The monoisotopic (exact) mass is 279 g/mol. The number of hydrogen-bond acceptors (Lipinski definition) is 5. The van der Waals surface area contributed by atoms with Crippen LogP contribution >= 0.6 is 11.3 Å². The van der Waals surface area contributed by atoms with Crippen molar-refractivity contribution >= 4 is 11.3 Å². The molecule has 0 fully saturated rings. The molecular formula is C14H17NO3S. The predicted octanol–water partition coefficient (Wildman–Crippen LogP) is 2.74. The van der Waals surface area contributed by atoms with E-state index >= 15 is 0 Å². The summed E-state index contributed by atoms with van der Waals surface area (Å²) < 4.78 is 10.6. The summed E-state index contributed by atoms with van der Waals surface area (Å²) >= 11 is 1.55. The number of aliphatic hydroxyl groups is 1. The SMILES string of the molecule is COc1cccc(C(O)Cc2nc(C)cs2)c1OC. The van der Waals surface area contributed by atoms with E-state index in [9.17, 15) is 5.11 Å². The molecule has 2 rings (SSSR count). The lowest BCUT2D eigenvalue weighted by Gasteiger charge is -2.16. The molecule has 0 saturated carbocycles. The Bertz CT molecular complexity index is 553. The van der Waals surface area contributed by atoms with Gasteiger partial charge in [-0.2, -0.15) is 0 Å². The third-order valence-electron chi connectivity index (χ3n) is 2.83. The number of hydrogen-bond donors (Lipinski definition) is 1. The quantitative estimate of drug-likeness (QED) is 0.914. The first kappa shape index (κ1) is 13.8. The van der Waals surface area contributed by atoms with Crippen molar-refractivity contribution in [1.29, 1.82) is 0 Å². The zero-order valence-corrected chi connectivity index (χ0v) is 12.0. The second kappa shape index (κ2) is 6.04. The van der Waals surface area contributed by atoms with Crippen LogP contribution < -0.4 is 9.47 Å². The van der Waals surface area contributed by atoms with Gasteiger partial charge in [0, 0.05) is 23.1 Å². The van der Waals surface area contributed by atoms with E-state index in [4.69, 9.17) is 9.47 Å². The molecule has 0 bridgehead atoms. The summed E-state index contributed by atoms with van der Waals surface area (Å²) in [6, 6.07) is 5.49. The van der Waals surface area contributed by atoms with E-state index in [1.807, 2.05) is 30.5 Å². The summed E-state index contributed by atoms with van der Waals surface area (Å²) in [5, 5.41) is 13.2. The second-order valence-electron chi connectivity index (χ2n) is 4.19. The van der Waals surface area contributed by atoms with Gasteiger partial charge in [0.2, 0.25) is 0 Å². The molecule has 1 aromatic carbocycles. The zero-order valence-electron chi connectivity index (χ0n) is 11.2. The van der Waals surface area contributed by atoms with Crippen LogP contribution in [0.3, 0.4) is 0 Å². The lowest BCUT2D eigenvalue weighted by atomic mass is 10.1. The fourth-order valence-corrected chi connectivity index (χ4v) is 2.76. The Morgan fingerprint density at radius 2 is 2.11 bits per heavy atom. The van der Waals surface area contributed by atoms with Crippen LogP contribution in [0.25, 0.3) is 0 Å². The topological polar surface area (TPSA) is 51.6 Å². The first-order valence-corrected chi connectivity index (χ1v) is 6.83. The Morgan fingerprint density at radius 1 is 1.32 bits per heavy atom. The number of aromatic nitrogens is 1. The zero-order chi connectivity index (χ0) is 13.8. The van der Waals surface area contributed by atoms with Gasteiger partial charge in [0.1, 0.15) is 0 Å². The maximum Gasteiger partial charge on any atom is 0.166 e. The number of rotatable bonds is 5. The second-order valence-corrected chi connectivity index (χ2v) is 5.13. The maximum absolute atomic E-state index is 10.3. The largest absolute Gasteiger partial charge is 0.493 e. The summed E-state index contributed by atoms with van der Waals surface area (Å²) in [6.45, 7) is 1.94. The molecule has 0 amide bonds. The lowest BCUT2D eigenvalue weighted by molar-refractivity contribution is 0.173. The molecule has 5 heteroatoms. The molecule has 19 heavy (non-hydrogen) atoms. The van der Waals surface area contributed by atoms with E-state index in [-0.39, 0.29) is 0 Å². The molecule has 0 aliphatic heterocycles. The van der Waals surface area contributed by atoms with Gasteiger partial charge in [0.05, 0.1) is 25.3 Å². The van der Waals surface area contributed by atoms with Crippen LogP contribution in [0.2, 0.25) is 0 Å². The van der Waals surface area contributed by atoms with Gasteiger partial charge in [0.25, 0.3) is 0 Å². The summed E-state index contributed by atoms with van der Waals surface area (Å²) in [4.78, 5) is 4.36.